The lowest BCUT2D eigenvalue weighted by Crippen LogP contribution is -2.26. The zero-order valence-corrected chi connectivity index (χ0v) is 18.5. The Hall–Kier alpha value is -3.07. The number of pyridine rings is 1. The molecule has 2 heterocycles. The van der Waals surface area contributed by atoms with E-state index < -0.39 is 23.8 Å². The van der Waals surface area contributed by atoms with Gasteiger partial charge in [0.2, 0.25) is 0 Å². The number of thiophene rings is 1. The molecule has 0 bridgehead atoms. The number of carboxylic acid groups (broad SMARTS) is 1. The van der Waals surface area contributed by atoms with Crippen molar-refractivity contribution >= 4 is 17.3 Å². The molecular formula is C23H22F3NO4S. The fraction of sp³-hybridized carbons (Fsp3) is 0.304. The van der Waals surface area contributed by atoms with Crippen LogP contribution in [-0.2, 0) is 17.6 Å². The molecule has 1 atom stereocenters. The first-order chi connectivity index (χ1) is 15.1. The highest BCUT2D eigenvalue weighted by atomic mass is 32.1. The number of alkyl halides is 3. The molecule has 3 aromatic rings. The second-order valence-corrected chi connectivity index (χ2v) is 8.35. The highest BCUT2D eigenvalue weighted by molar-refractivity contribution is 7.15. The normalized spacial score (nSPS) is 12.4. The van der Waals surface area contributed by atoms with Crippen molar-refractivity contribution in [2.75, 3.05) is 0 Å². The number of aromatic nitrogens is 1. The maximum atomic E-state index is 12.7. The van der Waals surface area contributed by atoms with Crippen LogP contribution >= 0.6 is 11.3 Å². The third-order valence-electron chi connectivity index (χ3n) is 4.80. The number of carbonyl (C=O) groups is 1. The summed E-state index contributed by atoms with van der Waals surface area (Å²) >= 11 is 1.41. The van der Waals surface area contributed by atoms with E-state index in [-0.39, 0.29) is 6.61 Å². The van der Waals surface area contributed by atoms with Crippen LogP contribution in [0.2, 0.25) is 0 Å². The fourth-order valence-electron chi connectivity index (χ4n) is 2.95. The maximum absolute atomic E-state index is 12.7. The molecule has 1 unspecified atom stereocenters. The molecule has 0 radical (unpaired) electrons. The smallest absolute Gasteiger partial charge is 0.417 e. The molecule has 0 aliphatic rings. The predicted molar refractivity (Wildman–Crippen MR) is 115 cm³/mol. The summed E-state index contributed by atoms with van der Waals surface area (Å²) in [4.78, 5) is 16.8. The summed E-state index contributed by atoms with van der Waals surface area (Å²) in [6.07, 6.45) is -4.15. The van der Waals surface area contributed by atoms with Crippen molar-refractivity contribution in [1.29, 1.82) is 0 Å². The van der Waals surface area contributed by atoms with Crippen LogP contribution < -0.4 is 9.47 Å². The molecule has 2 aromatic heterocycles. The fourth-order valence-corrected chi connectivity index (χ4v) is 4.02. The van der Waals surface area contributed by atoms with Gasteiger partial charge in [-0.2, -0.15) is 13.2 Å². The first kappa shape index (κ1) is 23.6. The second kappa shape index (κ2) is 9.60. The number of ether oxygens (including phenoxy) is 2. The van der Waals surface area contributed by atoms with Crippen LogP contribution in [0.15, 0.2) is 42.6 Å². The molecule has 5 nitrogen and oxygen atoms in total. The standard InChI is InChI=1S/C23H22F3NO4S/c1-4-18(22(28)29)31-19-8-6-16(9-13(19)2)30-12-21-14(3)10-20(32-21)17-7-5-15(11-27-17)23(24,25)26/h5-11,18H,4,12H2,1-3H3,(H,28,29). The zero-order valence-electron chi connectivity index (χ0n) is 17.7. The topological polar surface area (TPSA) is 68.7 Å². The van der Waals surface area contributed by atoms with Gasteiger partial charge in [-0.05, 0) is 67.8 Å². The average Bonchev–Trinajstić information content (AvgIpc) is 3.11. The van der Waals surface area contributed by atoms with Crippen molar-refractivity contribution in [2.24, 2.45) is 0 Å². The van der Waals surface area contributed by atoms with E-state index in [1.807, 2.05) is 19.9 Å². The minimum absolute atomic E-state index is 0.281. The van der Waals surface area contributed by atoms with E-state index in [1.165, 1.54) is 17.4 Å². The van der Waals surface area contributed by atoms with Crippen molar-refractivity contribution in [1.82, 2.24) is 4.98 Å². The Morgan fingerprint density at radius 1 is 1.16 bits per heavy atom. The lowest BCUT2D eigenvalue weighted by molar-refractivity contribution is -0.145. The van der Waals surface area contributed by atoms with Gasteiger partial charge >= 0.3 is 12.1 Å². The largest absolute Gasteiger partial charge is 0.488 e. The van der Waals surface area contributed by atoms with Gasteiger partial charge < -0.3 is 14.6 Å². The summed E-state index contributed by atoms with van der Waals surface area (Å²) in [6.45, 7) is 5.73. The molecule has 0 aliphatic heterocycles. The molecule has 0 fully saturated rings. The molecular weight excluding hydrogens is 443 g/mol. The van der Waals surface area contributed by atoms with Crippen LogP contribution in [0.25, 0.3) is 10.6 Å². The minimum Gasteiger partial charge on any atom is -0.488 e. The summed E-state index contributed by atoms with van der Waals surface area (Å²) in [5, 5.41) is 9.15. The van der Waals surface area contributed by atoms with Crippen LogP contribution in [0.5, 0.6) is 11.5 Å². The Morgan fingerprint density at radius 2 is 1.91 bits per heavy atom. The number of nitrogens with zero attached hydrogens (tertiary/aromatic N) is 1. The number of halogens is 3. The quantitative estimate of drug-likeness (QED) is 0.425. The van der Waals surface area contributed by atoms with Crippen LogP contribution in [0, 0.1) is 13.8 Å². The number of aryl methyl sites for hydroxylation is 2. The lowest BCUT2D eigenvalue weighted by Gasteiger charge is -2.16. The van der Waals surface area contributed by atoms with Gasteiger partial charge in [0.05, 0.1) is 16.1 Å². The van der Waals surface area contributed by atoms with Gasteiger partial charge in [-0.3, -0.25) is 4.98 Å². The number of benzene rings is 1. The first-order valence-corrected chi connectivity index (χ1v) is 10.7. The van der Waals surface area contributed by atoms with Crippen molar-refractivity contribution in [2.45, 2.75) is 46.1 Å². The van der Waals surface area contributed by atoms with Gasteiger partial charge in [0.15, 0.2) is 6.10 Å². The Labute approximate surface area is 187 Å². The molecule has 1 aromatic carbocycles. The predicted octanol–water partition coefficient (Wildman–Crippen LogP) is 6.27. The van der Waals surface area contributed by atoms with E-state index in [2.05, 4.69) is 4.98 Å². The molecule has 0 saturated carbocycles. The highest BCUT2D eigenvalue weighted by Gasteiger charge is 2.30. The van der Waals surface area contributed by atoms with E-state index in [9.17, 15) is 18.0 Å². The van der Waals surface area contributed by atoms with Crippen molar-refractivity contribution in [3.8, 4) is 22.1 Å². The Morgan fingerprint density at radius 3 is 2.47 bits per heavy atom. The Kier molecular flexibility index (Phi) is 7.08. The molecule has 0 spiro atoms. The minimum atomic E-state index is -4.42. The highest BCUT2D eigenvalue weighted by Crippen LogP contribution is 2.34. The second-order valence-electron chi connectivity index (χ2n) is 7.22. The van der Waals surface area contributed by atoms with E-state index in [1.54, 1.807) is 25.1 Å². The van der Waals surface area contributed by atoms with Gasteiger partial charge in [0.1, 0.15) is 18.1 Å². The summed E-state index contributed by atoms with van der Waals surface area (Å²) in [5.41, 5.74) is 1.39. The van der Waals surface area contributed by atoms with E-state index in [0.717, 1.165) is 33.1 Å². The van der Waals surface area contributed by atoms with Gasteiger partial charge in [0.25, 0.3) is 0 Å². The van der Waals surface area contributed by atoms with Gasteiger partial charge in [-0.15, -0.1) is 11.3 Å². The molecule has 0 aliphatic carbocycles. The number of aliphatic carboxylic acids is 1. The SMILES string of the molecule is CCC(Oc1ccc(OCc2sc(-c3ccc(C(F)(F)F)cn3)cc2C)cc1C)C(=O)O. The number of hydrogen-bond donors (Lipinski definition) is 1. The third-order valence-corrected chi connectivity index (χ3v) is 6.03. The lowest BCUT2D eigenvalue weighted by atomic mass is 10.2. The van der Waals surface area contributed by atoms with Crippen LogP contribution in [0.4, 0.5) is 13.2 Å². The monoisotopic (exact) mass is 465 g/mol. The van der Waals surface area contributed by atoms with Crippen LogP contribution in [0.3, 0.4) is 0 Å². The summed E-state index contributed by atoms with van der Waals surface area (Å²) < 4.78 is 49.6. The summed E-state index contributed by atoms with van der Waals surface area (Å²) in [5.74, 6) is 0.0635. The maximum Gasteiger partial charge on any atom is 0.417 e. The van der Waals surface area contributed by atoms with Gasteiger partial charge in [0, 0.05) is 11.1 Å². The number of hydrogen-bond acceptors (Lipinski definition) is 5. The van der Waals surface area contributed by atoms with Crippen LogP contribution in [0.1, 0.15) is 34.9 Å². The molecule has 0 amide bonds. The number of carboxylic acids is 1. The molecule has 32 heavy (non-hydrogen) atoms. The molecule has 170 valence electrons. The molecule has 1 N–H and O–H groups in total. The Bertz CT molecular complexity index is 1090. The van der Waals surface area contributed by atoms with E-state index in [0.29, 0.717) is 23.6 Å². The van der Waals surface area contributed by atoms with Gasteiger partial charge in [-0.1, -0.05) is 6.92 Å². The molecule has 3 rings (SSSR count). The van der Waals surface area contributed by atoms with E-state index >= 15 is 0 Å². The molecule has 0 saturated heterocycles. The zero-order chi connectivity index (χ0) is 23.5. The average molecular weight is 465 g/mol. The summed E-state index contributed by atoms with van der Waals surface area (Å²) in [7, 11) is 0. The van der Waals surface area contributed by atoms with Crippen LogP contribution in [-0.4, -0.2) is 22.2 Å². The van der Waals surface area contributed by atoms with Gasteiger partial charge in [-0.25, -0.2) is 4.79 Å². The Balaban J connectivity index is 1.68. The van der Waals surface area contributed by atoms with Crippen molar-refractivity contribution < 1.29 is 32.5 Å². The van der Waals surface area contributed by atoms with Crippen molar-refractivity contribution in [3.05, 3.63) is 64.2 Å². The summed E-state index contributed by atoms with van der Waals surface area (Å²) in [6, 6.07) is 9.41. The van der Waals surface area contributed by atoms with E-state index in [4.69, 9.17) is 14.6 Å². The third kappa shape index (κ3) is 5.59. The number of rotatable bonds is 8. The first-order valence-electron chi connectivity index (χ1n) is 9.84. The van der Waals surface area contributed by atoms with Crippen molar-refractivity contribution in [3.63, 3.8) is 0 Å². The molecule has 9 heteroatoms.